The summed E-state index contributed by atoms with van der Waals surface area (Å²) >= 11 is 0. The lowest BCUT2D eigenvalue weighted by molar-refractivity contribution is -0.121. The molecule has 0 bridgehead atoms. The molecule has 94 valence electrons. The molecule has 5 heteroatoms. The predicted octanol–water partition coefficient (Wildman–Crippen LogP) is 1.00. The third kappa shape index (κ3) is 2.66. The minimum absolute atomic E-state index is 0.0538. The molecule has 0 saturated carbocycles. The summed E-state index contributed by atoms with van der Waals surface area (Å²) in [6, 6.07) is 6.33. The lowest BCUT2D eigenvalue weighted by Gasteiger charge is -2.15. The van der Waals surface area contributed by atoms with Gasteiger partial charge in [-0.15, -0.1) is 0 Å². The summed E-state index contributed by atoms with van der Waals surface area (Å²) in [5.74, 6) is -0.868. The van der Waals surface area contributed by atoms with Crippen molar-refractivity contribution < 1.29 is 9.18 Å². The molecule has 18 heavy (non-hydrogen) atoms. The first-order valence-corrected chi connectivity index (χ1v) is 5.80. The summed E-state index contributed by atoms with van der Waals surface area (Å²) in [5.41, 5.74) is 6.19. The van der Waals surface area contributed by atoms with Crippen LogP contribution < -0.4 is 5.73 Å². The Kier molecular flexibility index (Phi) is 3.58. The fourth-order valence-corrected chi connectivity index (χ4v) is 2.22. The van der Waals surface area contributed by atoms with E-state index in [1.54, 1.807) is 12.1 Å². The fourth-order valence-electron chi connectivity index (χ4n) is 2.22. The first-order valence-electron chi connectivity index (χ1n) is 5.80. The Hall–Kier alpha value is -1.93. The highest BCUT2D eigenvalue weighted by Gasteiger charge is 2.26. The van der Waals surface area contributed by atoms with Gasteiger partial charge in [-0.25, -0.2) is 4.39 Å². The summed E-state index contributed by atoms with van der Waals surface area (Å²) in [5, 5.41) is 8.75. The predicted molar refractivity (Wildman–Crippen MR) is 63.7 cm³/mol. The molecular formula is C13H14FN3O. The van der Waals surface area contributed by atoms with E-state index in [0.717, 1.165) is 18.5 Å². The third-order valence-corrected chi connectivity index (χ3v) is 3.23. The average molecular weight is 247 g/mol. The normalized spacial score (nSPS) is 19.7. The molecule has 0 radical (unpaired) electrons. The molecule has 1 aliphatic rings. The first-order chi connectivity index (χ1) is 8.60. The highest BCUT2D eigenvalue weighted by Crippen LogP contribution is 2.19. The van der Waals surface area contributed by atoms with Crippen LogP contribution in [0.3, 0.4) is 0 Å². The van der Waals surface area contributed by atoms with Crippen molar-refractivity contribution >= 4 is 5.91 Å². The molecule has 0 aromatic heterocycles. The summed E-state index contributed by atoms with van der Waals surface area (Å²) in [7, 11) is 0. The molecule has 1 amide bonds. The van der Waals surface area contributed by atoms with Gasteiger partial charge in [0.2, 0.25) is 5.91 Å². The molecule has 0 spiro atoms. The Morgan fingerprint density at radius 2 is 2.39 bits per heavy atom. The molecule has 1 fully saturated rings. The van der Waals surface area contributed by atoms with E-state index < -0.39 is 5.82 Å². The van der Waals surface area contributed by atoms with Crippen LogP contribution >= 0.6 is 0 Å². The van der Waals surface area contributed by atoms with E-state index in [1.165, 1.54) is 6.07 Å². The summed E-state index contributed by atoms with van der Waals surface area (Å²) in [4.78, 5) is 13.1. The summed E-state index contributed by atoms with van der Waals surface area (Å²) in [6.45, 7) is 2.04. The number of nitriles is 1. The molecule has 0 aliphatic carbocycles. The average Bonchev–Trinajstić information content (AvgIpc) is 2.80. The zero-order chi connectivity index (χ0) is 13.1. The maximum Gasteiger partial charge on any atom is 0.221 e. The number of hydrogen-bond acceptors (Lipinski definition) is 3. The fraction of sp³-hybridized carbons (Fsp3) is 0.385. The molecule has 1 atom stereocenters. The molecule has 2 N–H and O–H groups in total. The van der Waals surface area contributed by atoms with Crippen molar-refractivity contribution in [3.8, 4) is 6.07 Å². The number of benzene rings is 1. The number of amides is 1. The van der Waals surface area contributed by atoms with Crippen LogP contribution in [0.15, 0.2) is 18.2 Å². The number of carbonyl (C=O) groups is 1. The Labute approximate surface area is 105 Å². The monoisotopic (exact) mass is 247 g/mol. The van der Waals surface area contributed by atoms with Gasteiger partial charge >= 0.3 is 0 Å². The third-order valence-electron chi connectivity index (χ3n) is 3.23. The maximum absolute atomic E-state index is 13.2. The smallest absolute Gasteiger partial charge is 0.221 e. The van der Waals surface area contributed by atoms with Crippen molar-refractivity contribution in [2.45, 2.75) is 13.0 Å². The van der Waals surface area contributed by atoms with Crippen molar-refractivity contribution in [1.82, 2.24) is 4.90 Å². The topological polar surface area (TPSA) is 70.1 Å². The van der Waals surface area contributed by atoms with Gasteiger partial charge < -0.3 is 5.73 Å². The second-order valence-electron chi connectivity index (χ2n) is 4.55. The maximum atomic E-state index is 13.2. The van der Waals surface area contributed by atoms with Gasteiger partial charge in [0, 0.05) is 13.1 Å². The van der Waals surface area contributed by atoms with Crippen LogP contribution in [-0.2, 0) is 11.3 Å². The minimum atomic E-state index is -0.502. The summed E-state index contributed by atoms with van der Waals surface area (Å²) < 4.78 is 13.2. The van der Waals surface area contributed by atoms with E-state index in [4.69, 9.17) is 11.0 Å². The number of rotatable bonds is 3. The van der Waals surface area contributed by atoms with Crippen LogP contribution in [0.5, 0.6) is 0 Å². The van der Waals surface area contributed by atoms with E-state index >= 15 is 0 Å². The van der Waals surface area contributed by atoms with Gasteiger partial charge in [0.1, 0.15) is 11.9 Å². The van der Waals surface area contributed by atoms with Crippen LogP contribution in [0.1, 0.15) is 17.5 Å². The number of primary amides is 1. The summed E-state index contributed by atoms with van der Waals surface area (Å²) in [6.07, 6.45) is 0.766. The van der Waals surface area contributed by atoms with Gasteiger partial charge in [-0.3, -0.25) is 9.69 Å². The molecule has 1 saturated heterocycles. The molecule has 2 rings (SSSR count). The van der Waals surface area contributed by atoms with Gasteiger partial charge in [0.05, 0.1) is 11.5 Å². The van der Waals surface area contributed by atoms with E-state index in [9.17, 15) is 9.18 Å². The molecule has 4 nitrogen and oxygen atoms in total. The zero-order valence-electron chi connectivity index (χ0n) is 9.90. The van der Waals surface area contributed by atoms with Gasteiger partial charge in [0.25, 0.3) is 0 Å². The van der Waals surface area contributed by atoms with E-state index in [-0.39, 0.29) is 17.4 Å². The van der Waals surface area contributed by atoms with Gasteiger partial charge in [-0.1, -0.05) is 6.07 Å². The van der Waals surface area contributed by atoms with Crippen LogP contribution in [0.2, 0.25) is 0 Å². The van der Waals surface area contributed by atoms with Gasteiger partial charge in [-0.05, 0) is 30.7 Å². The highest BCUT2D eigenvalue weighted by molar-refractivity contribution is 5.77. The molecule has 1 heterocycles. The number of carbonyl (C=O) groups excluding carboxylic acids is 1. The van der Waals surface area contributed by atoms with Crippen molar-refractivity contribution in [3.63, 3.8) is 0 Å². The first kappa shape index (κ1) is 12.5. The lowest BCUT2D eigenvalue weighted by Crippen LogP contribution is -2.27. The van der Waals surface area contributed by atoms with Crippen molar-refractivity contribution in [2.75, 3.05) is 13.1 Å². The zero-order valence-corrected chi connectivity index (χ0v) is 9.90. The van der Waals surface area contributed by atoms with Crippen molar-refractivity contribution in [3.05, 3.63) is 35.1 Å². The molecule has 1 aliphatic heterocycles. The van der Waals surface area contributed by atoms with E-state index in [2.05, 4.69) is 4.90 Å². The number of nitrogens with two attached hydrogens (primary N) is 1. The molecule has 1 unspecified atom stereocenters. The molecule has 1 aromatic carbocycles. The van der Waals surface area contributed by atoms with Crippen LogP contribution in [-0.4, -0.2) is 23.9 Å². The number of likely N-dealkylation sites (tertiary alicyclic amines) is 1. The van der Waals surface area contributed by atoms with Gasteiger partial charge in [0.15, 0.2) is 0 Å². The second kappa shape index (κ2) is 5.15. The SMILES string of the molecule is N#Cc1cc(CN2CCC(C(N)=O)C2)ccc1F. The number of halogens is 1. The lowest BCUT2D eigenvalue weighted by atomic mass is 10.1. The van der Waals surface area contributed by atoms with Crippen molar-refractivity contribution in [1.29, 1.82) is 5.26 Å². The van der Waals surface area contributed by atoms with Crippen LogP contribution in [0.25, 0.3) is 0 Å². The van der Waals surface area contributed by atoms with E-state index in [0.29, 0.717) is 13.1 Å². The number of nitrogens with zero attached hydrogens (tertiary/aromatic N) is 2. The Morgan fingerprint density at radius 3 is 3.00 bits per heavy atom. The standard InChI is InChI=1S/C13H14FN3O/c14-12-2-1-9(5-11(12)6-15)7-17-4-3-10(8-17)13(16)18/h1-2,5,10H,3-4,7-8H2,(H2,16,18). The molecule has 1 aromatic rings. The van der Waals surface area contributed by atoms with E-state index in [1.807, 2.05) is 6.07 Å². The Balaban J connectivity index is 2.03. The molecular weight excluding hydrogens is 233 g/mol. The second-order valence-corrected chi connectivity index (χ2v) is 4.55. The largest absolute Gasteiger partial charge is 0.369 e. The van der Waals surface area contributed by atoms with Gasteiger partial charge in [-0.2, -0.15) is 5.26 Å². The van der Waals surface area contributed by atoms with Crippen LogP contribution in [0, 0.1) is 23.1 Å². The highest BCUT2D eigenvalue weighted by atomic mass is 19.1. The number of hydrogen-bond donors (Lipinski definition) is 1. The Morgan fingerprint density at radius 1 is 1.61 bits per heavy atom. The van der Waals surface area contributed by atoms with Crippen molar-refractivity contribution in [2.24, 2.45) is 11.7 Å². The van der Waals surface area contributed by atoms with Crippen LogP contribution in [0.4, 0.5) is 4.39 Å². The quantitative estimate of drug-likeness (QED) is 0.866. The minimum Gasteiger partial charge on any atom is -0.369 e. The Bertz CT molecular complexity index is 509.